The molecule has 34 heavy (non-hydrogen) atoms. The van der Waals surface area contributed by atoms with Crippen molar-refractivity contribution in [2.24, 2.45) is 0 Å². The van der Waals surface area contributed by atoms with Gasteiger partial charge in [0.25, 0.3) is 0 Å². The molecule has 2 N–H and O–H groups in total. The van der Waals surface area contributed by atoms with E-state index in [-0.39, 0.29) is 52.9 Å². The Morgan fingerprint density at radius 2 is 0.706 bits per heavy atom. The minimum absolute atomic E-state index is 0.0638. The van der Waals surface area contributed by atoms with Crippen LogP contribution < -0.4 is 18.9 Å². The average Bonchev–Trinajstić information content (AvgIpc) is 2.81. The van der Waals surface area contributed by atoms with Crippen molar-refractivity contribution in [3.63, 3.8) is 0 Å². The van der Waals surface area contributed by atoms with Crippen LogP contribution >= 0.6 is 15.6 Å². The maximum Gasteiger partial charge on any atom is 0.472 e. The second-order valence-electron chi connectivity index (χ2n) is 6.56. The van der Waals surface area contributed by atoms with E-state index >= 15 is 0 Å². The summed E-state index contributed by atoms with van der Waals surface area (Å²) in [5, 5.41) is 0. The van der Waals surface area contributed by atoms with E-state index in [1.807, 2.05) is 0 Å². The maximum absolute atomic E-state index is 12.0. The van der Waals surface area contributed by atoms with Gasteiger partial charge in [0.05, 0.1) is 26.4 Å². The van der Waals surface area contributed by atoms with Gasteiger partial charge < -0.3 is 28.7 Å². The van der Waals surface area contributed by atoms with Crippen LogP contribution in [0, 0.1) is 0 Å². The number of hydrogen-bond donors (Lipinski definition) is 2. The number of benzene rings is 2. The van der Waals surface area contributed by atoms with Crippen LogP contribution in [0.2, 0.25) is 0 Å². The third-order valence-corrected chi connectivity index (χ3v) is 6.12. The lowest BCUT2D eigenvalue weighted by molar-refractivity contribution is 0.105. The standard InChI is InChI=1S/C20H26O12P2/c21-33(22)29-13-9-25-17-5-1-2-6-18(17)26-10-14-30-34(23,24)32-16-12-28-20-8-4-3-7-19(20)27-11-15-31-33/h1-8H,9-16H2,(H,21,22)(H,23,24). The highest BCUT2D eigenvalue weighted by molar-refractivity contribution is 7.47. The molecule has 3 rings (SSSR count). The largest absolute Gasteiger partial charge is 0.487 e. The normalized spacial score (nSPS) is 25.9. The Morgan fingerprint density at radius 3 is 0.941 bits per heavy atom. The minimum atomic E-state index is -4.31. The van der Waals surface area contributed by atoms with Gasteiger partial charge in [-0.25, -0.2) is 9.13 Å². The van der Waals surface area contributed by atoms with E-state index < -0.39 is 15.6 Å². The van der Waals surface area contributed by atoms with Gasteiger partial charge in [0.15, 0.2) is 23.0 Å². The summed E-state index contributed by atoms with van der Waals surface area (Å²) in [7, 11) is -8.62. The topological polar surface area (TPSA) is 148 Å². The zero-order chi connectivity index (χ0) is 24.3. The lowest BCUT2D eigenvalue weighted by Crippen LogP contribution is -2.12. The van der Waals surface area contributed by atoms with Crippen molar-refractivity contribution in [1.29, 1.82) is 0 Å². The molecule has 1 aliphatic rings. The summed E-state index contributed by atoms with van der Waals surface area (Å²) in [6.07, 6.45) is 0. The second-order valence-corrected chi connectivity index (χ2v) is 9.46. The monoisotopic (exact) mass is 520 g/mol. The fourth-order valence-electron chi connectivity index (χ4n) is 2.67. The first-order valence-electron chi connectivity index (χ1n) is 10.3. The second kappa shape index (κ2) is 13.1. The Bertz CT molecular complexity index is 852. The van der Waals surface area contributed by atoms with Crippen molar-refractivity contribution >= 4 is 15.6 Å². The van der Waals surface area contributed by atoms with Crippen LogP contribution in [0.5, 0.6) is 23.0 Å². The summed E-state index contributed by atoms with van der Waals surface area (Å²) >= 11 is 0. The zero-order valence-corrected chi connectivity index (χ0v) is 19.9. The highest BCUT2D eigenvalue weighted by atomic mass is 31.2. The van der Waals surface area contributed by atoms with E-state index in [0.717, 1.165) is 0 Å². The fraction of sp³-hybridized carbons (Fsp3) is 0.400. The molecule has 0 aliphatic carbocycles. The van der Waals surface area contributed by atoms with Gasteiger partial charge in [-0.1, -0.05) is 24.3 Å². The molecule has 1 aliphatic heterocycles. The van der Waals surface area contributed by atoms with Crippen LogP contribution in [0.1, 0.15) is 0 Å². The third-order valence-electron chi connectivity index (χ3n) is 4.08. The number of para-hydroxylation sites is 4. The lowest BCUT2D eigenvalue weighted by Gasteiger charge is -2.17. The molecule has 0 amide bonds. The minimum Gasteiger partial charge on any atom is -0.487 e. The Hall–Kier alpha value is -2.14. The molecule has 0 atom stereocenters. The summed E-state index contributed by atoms with van der Waals surface area (Å²) in [6.45, 7) is -1.17. The molecule has 0 fully saturated rings. The van der Waals surface area contributed by atoms with Crippen LogP contribution in [0.15, 0.2) is 48.5 Å². The molecule has 12 nitrogen and oxygen atoms in total. The highest BCUT2D eigenvalue weighted by Crippen LogP contribution is 2.44. The molecule has 1 heterocycles. The molecule has 2 aromatic carbocycles. The molecule has 2 aromatic rings. The predicted octanol–water partition coefficient (Wildman–Crippen LogP) is 3.18. The summed E-state index contributed by atoms with van der Waals surface area (Å²) in [5.41, 5.74) is 0. The first-order valence-corrected chi connectivity index (χ1v) is 13.3. The summed E-state index contributed by atoms with van der Waals surface area (Å²) < 4.78 is 65.8. The maximum atomic E-state index is 12.0. The van der Waals surface area contributed by atoms with Gasteiger partial charge in [0.2, 0.25) is 0 Å². The Morgan fingerprint density at radius 1 is 0.471 bits per heavy atom. The smallest absolute Gasteiger partial charge is 0.472 e. The Balaban J connectivity index is 1.63. The molecule has 0 saturated heterocycles. The highest BCUT2D eigenvalue weighted by Gasteiger charge is 2.22. The van der Waals surface area contributed by atoms with E-state index in [2.05, 4.69) is 0 Å². The molecule has 0 bridgehead atoms. The molecule has 0 unspecified atom stereocenters. The van der Waals surface area contributed by atoms with Gasteiger partial charge in [-0.3, -0.25) is 18.1 Å². The third kappa shape index (κ3) is 9.25. The molecule has 0 radical (unpaired) electrons. The summed E-state index contributed by atoms with van der Waals surface area (Å²) in [6, 6.07) is 13.3. The molecule has 14 heteroatoms. The summed E-state index contributed by atoms with van der Waals surface area (Å²) in [5.74, 6) is 1.37. The number of fused-ring (bicyclic) bond motifs is 2. The quantitative estimate of drug-likeness (QED) is 0.492. The zero-order valence-electron chi connectivity index (χ0n) is 18.1. The van der Waals surface area contributed by atoms with E-state index in [9.17, 15) is 18.9 Å². The van der Waals surface area contributed by atoms with Crippen LogP contribution in [0.4, 0.5) is 0 Å². The van der Waals surface area contributed by atoms with Gasteiger partial charge in [-0.05, 0) is 24.3 Å². The average molecular weight is 520 g/mol. The molecular weight excluding hydrogens is 494 g/mol. The van der Waals surface area contributed by atoms with Crippen LogP contribution in [0.3, 0.4) is 0 Å². The van der Waals surface area contributed by atoms with Gasteiger partial charge in [-0.15, -0.1) is 0 Å². The van der Waals surface area contributed by atoms with Crippen LogP contribution in [-0.2, 0) is 27.2 Å². The first-order chi connectivity index (χ1) is 16.3. The molecular formula is C20H26O12P2. The number of rotatable bonds is 0. The number of ether oxygens (including phenoxy) is 4. The van der Waals surface area contributed by atoms with Gasteiger partial charge >= 0.3 is 15.6 Å². The van der Waals surface area contributed by atoms with Crippen molar-refractivity contribution in [2.75, 3.05) is 52.9 Å². The van der Waals surface area contributed by atoms with Crippen molar-refractivity contribution < 1.29 is 56.0 Å². The number of phosphoric acid groups is 2. The SMILES string of the molecule is O=P1(O)OCCOc2ccccc2OCCOP(=O)(O)OCCOc2ccccc2OCCO1. The molecule has 0 saturated carbocycles. The Kier molecular flexibility index (Phi) is 10.2. The fourth-order valence-corrected chi connectivity index (χ4v) is 4.04. The van der Waals surface area contributed by atoms with Gasteiger partial charge in [0.1, 0.15) is 26.4 Å². The predicted molar refractivity (Wildman–Crippen MR) is 118 cm³/mol. The molecule has 188 valence electrons. The van der Waals surface area contributed by atoms with E-state index in [4.69, 9.17) is 37.0 Å². The first kappa shape index (κ1) is 26.5. The van der Waals surface area contributed by atoms with Crippen molar-refractivity contribution in [3.8, 4) is 23.0 Å². The van der Waals surface area contributed by atoms with E-state index in [1.54, 1.807) is 48.5 Å². The van der Waals surface area contributed by atoms with E-state index in [0.29, 0.717) is 23.0 Å². The van der Waals surface area contributed by atoms with E-state index in [1.165, 1.54) is 0 Å². The van der Waals surface area contributed by atoms with Crippen molar-refractivity contribution in [1.82, 2.24) is 0 Å². The molecule has 0 spiro atoms. The van der Waals surface area contributed by atoms with Crippen LogP contribution in [0.25, 0.3) is 0 Å². The lowest BCUT2D eigenvalue weighted by atomic mass is 10.3. The number of phosphoric ester groups is 2. The van der Waals surface area contributed by atoms with Gasteiger partial charge in [0, 0.05) is 0 Å². The van der Waals surface area contributed by atoms with Crippen molar-refractivity contribution in [3.05, 3.63) is 48.5 Å². The summed E-state index contributed by atoms with van der Waals surface area (Å²) in [4.78, 5) is 19.6. The number of hydrogen-bond acceptors (Lipinski definition) is 10. The Labute approximate surface area is 196 Å². The molecule has 0 aromatic heterocycles. The van der Waals surface area contributed by atoms with Gasteiger partial charge in [-0.2, -0.15) is 0 Å². The van der Waals surface area contributed by atoms with Crippen molar-refractivity contribution in [2.45, 2.75) is 0 Å². The van der Waals surface area contributed by atoms with Crippen LogP contribution in [-0.4, -0.2) is 62.6 Å².